The van der Waals surface area contributed by atoms with E-state index in [9.17, 15) is 0 Å². The van der Waals surface area contributed by atoms with Gasteiger partial charge < -0.3 is 15.0 Å². The minimum absolute atomic E-state index is 0.516. The van der Waals surface area contributed by atoms with E-state index >= 15 is 0 Å². The lowest BCUT2D eigenvalue weighted by Crippen LogP contribution is -2.39. The maximum Gasteiger partial charge on any atom is 0.193 e. The molecule has 0 aliphatic rings. The third-order valence-corrected chi connectivity index (χ3v) is 3.19. The first-order valence-electron chi connectivity index (χ1n) is 7.46. The molecule has 0 spiro atoms. The maximum atomic E-state index is 5.67. The molecule has 1 aromatic carbocycles. The van der Waals surface area contributed by atoms with Gasteiger partial charge in [0.05, 0.1) is 0 Å². The molecule has 1 N–H and O–H groups in total. The van der Waals surface area contributed by atoms with Crippen LogP contribution in [-0.2, 0) is 6.54 Å². The number of guanidine groups is 1. The van der Waals surface area contributed by atoms with Gasteiger partial charge in [-0.3, -0.25) is 4.99 Å². The summed E-state index contributed by atoms with van der Waals surface area (Å²) in [5.41, 5.74) is 1.12. The van der Waals surface area contributed by atoms with Gasteiger partial charge in [0, 0.05) is 32.7 Å². The molecule has 1 aromatic rings. The largest absolute Gasteiger partial charge is 0.489 e. The average molecular weight is 289 g/mol. The molecule has 4 nitrogen and oxygen atoms in total. The molecule has 0 atom stereocenters. The van der Waals surface area contributed by atoms with Gasteiger partial charge >= 0.3 is 0 Å². The first kappa shape index (κ1) is 17.1. The molecule has 1 rings (SSSR count). The topological polar surface area (TPSA) is 36.9 Å². The third kappa shape index (κ3) is 5.90. The Morgan fingerprint density at radius 3 is 2.86 bits per heavy atom. The first-order chi connectivity index (χ1) is 10.2. The van der Waals surface area contributed by atoms with Crippen LogP contribution in [0.4, 0.5) is 0 Å². The fourth-order valence-electron chi connectivity index (χ4n) is 2.00. The van der Waals surface area contributed by atoms with Crippen LogP contribution in [0, 0.1) is 0 Å². The molecule has 0 fully saturated rings. The molecule has 4 heteroatoms. The minimum Gasteiger partial charge on any atom is -0.489 e. The van der Waals surface area contributed by atoms with Crippen LogP contribution in [0.2, 0.25) is 0 Å². The van der Waals surface area contributed by atoms with Crippen molar-refractivity contribution in [2.45, 2.75) is 26.3 Å². The zero-order valence-corrected chi connectivity index (χ0v) is 13.4. The Hall–Kier alpha value is -1.97. The minimum atomic E-state index is 0.516. The number of aliphatic imine (C=N–C) groups is 1. The molecule has 0 unspecified atom stereocenters. The number of nitrogens with zero attached hydrogens (tertiary/aromatic N) is 2. The second kappa shape index (κ2) is 9.86. The van der Waals surface area contributed by atoms with E-state index in [4.69, 9.17) is 4.74 Å². The summed E-state index contributed by atoms with van der Waals surface area (Å²) in [5.74, 6) is 1.79. The summed E-state index contributed by atoms with van der Waals surface area (Å²) in [4.78, 5) is 6.47. The van der Waals surface area contributed by atoms with Crippen molar-refractivity contribution in [3.8, 4) is 5.75 Å². The van der Waals surface area contributed by atoms with Crippen molar-refractivity contribution >= 4 is 5.96 Å². The lowest BCUT2D eigenvalue weighted by molar-refractivity contribution is 0.358. The van der Waals surface area contributed by atoms with Crippen LogP contribution >= 0.6 is 0 Å². The Labute approximate surface area is 128 Å². The summed E-state index contributed by atoms with van der Waals surface area (Å²) in [7, 11) is 3.87. The van der Waals surface area contributed by atoms with Crippen LogP contribution in [0.15, 0.2) is 41.9 Å². The highest BCUT2D eigenvalue weighted by atomic mass is 16.5. The van der Waals surface area contributed by atoms with Crippen LogP contribution in [0.5, 0.6) is 5.75 Å². The Morgan fingerprint density at radius 1 is 1.43 bits per heavy atom. The quantitative estimate of drug-likeness (QED) is 0.454. The van der Waals surface area contributed by atoms with Gasteiger partial charge in [-0.1, -0.05) is 44.2 Å². The number of rotatable bonds is 8. The lowest BCUT2D eigenvalue weighted by Gasteiger charge is -2.22. The number of nitrogens with one attached hydrogen (secondary N) is 1. The summed E-state index contributed by atoms with van der Waals surface area (Å²) >= 11 is 0. The fourth-order valence-corrected chi connectivity index (χ4v) is 2.00. The summed E-state index contributed by atoms with van der Waals surface area (Å²) in [6.45, 7) is 8.08. The number of ether oxygens (including phenoxy) is 1. The van der Waals surface area contributed by atoms with E-state index in [1.54, 1.807) is 6.08 Å². The molecular formula is C17H27N3O. The lowest BCUT2D eigenvalue weighted by atomic mass is 10.2. The first-order valence-corrected chi connectivity index (χ1v) is 7.46. The summed E-state index contributed by atoms with van der Waals surface area (Å²) in [6, 6.07) is 8.03. The molecule has 116 valence electrons. The fraction of sp³-hybridized carbons (Fsp3) is 0.471. The van der Waals surface area contributed by atoms with Gasteiger partial charge in [0.1, 0.15) is 12.4 Å². The maximum absolute atomic E-state index is 5.67. The van der Waals surface area contributed by atoms with Crippen molar-refractivity contribution < 1.29 is 4.74 Å². The monoisotopic (exact) mass is 289 g/mol. The molecule has 0 heterocycles. The van der Waals surface area contributed by atoms with Gasteiger partial charge in [0.25, 0.3) is 0 Å². The second-order valence-corrected chi connectivity index (χ2v) is 4.88. The SMILES string of the molecule is C=CCOc1ccccc1CNC(=NC)N(C)CCCC. The van der Waals surface area contributed by atoms with Crippen molar-refractivity contribution in [3.63, 3.8) is 0 Å². The van der Waals surface area contributed by atoms with E-state index in [1.165, 1.54) is 6.42 Å². The zero-order valence-electron chi connectivity index (χ0n) is 13.4. The highest BCUT2D eigenvalue weighted by Crippen LogP contribution is 2.17. The van der Waals surface area contributed by atoms with E-state index in [0.29, 0.717) is 13.2 Å². The Balaban J connectivity index is 2.62. The van der Waals surface area contributed by atoms with Gasteiger partial charge in [-0.2, -0.15) is 0 Å². The number of benzene rings is 1. The molecule has 0 saturated carbocycles. The van der Waals surface area contributed by atoms with Crippen molar-refractivity contribution in [1.29, 1.82) is 0 Å². The number of para-hydroxylation sites is 1. The highest BCUT2D eigenvalue weighted by Gasteiger charge is 2.07. The van der Waals surface area contributed by atoms with E-state index in [-0.39, 0.29) is 0 Å². The third-order valence-electron chi connectivity index (χ3n) is 3.19. The van der Waals surface area contributed by atoms with Gasteiger partial charge in [0.15, 0.2) is 5.96 Å². The van der Waals surface area contributed by atoms with E-state index < -0.39 is 0 Å². The molecule has 21 heavy (non-hydrogen) atoms. The number of hydrogen-bond donors (Lipinski definition) is 1. The van der Waals surface area contributed by atoms with Crippen LogP contribution in [-0.4, -0.2) is 38.1 Å². The molecule has 0 amide bonds. The highest BCUT2D eigenvalue weighted by molar-refractivity contribution is 5.79. The van der Waals surface area contributed by atoms with E-state index in [2.05, 4.69) is 41.8 Å². The average Bonchev–Trinajstić information content (AvgIpc) is 2.52. The summed E-state index contributed by atoms with van der Waals surface area (Å²) < 4.78 is 5.67. The van der Waals surface area contributed by atoms with Crippen molar-refractivity contribution in [2.24, 2.45) is 4.99 Å². The van der Waals surface area contributed by atoms with Crippen molar-refractivity contribution in [2.75, 3.05) is 27.2 Å². The molecule has 0 bridgehead atoms. The number of hydrogen-bond acceptors (Lipinski definition) is 2. The Bertz CT molecular complexity index is 457. The second-order valence-electron chi connectivity index (χ2n) is 4.88. The standard InChI is InChI=1S/C17H27N3O/c1-5-7-12-20(4)17(18-3)19-14-15-10-8-9-11-16(15)21-13-6-2/h6,8-11H,2,5,7,12-14H2,1,3-4H3,(H,18,19). The van der Waals surface area contributed by atoms with Crippen molar-refractivity contribution in [3.05, 3.63) is 42.5 Å². The Kier molecular flexibility index (Phi) is 8.02. The van der Waals surface area contributed by atoms with Crippen LogP contribution < -0.4 is 10.1 Å². The molecule has 0 aliphatic heterocycles. The van der Waals surface area contributed by atoms with Gasteiger partial charge in [0.2, 0.25) is 0 Å². The molecular weight excluding hydrogens is 262 g/mol. The van der Waals surface area contributed by atoms with Crippen LogP contribution in [0.3, 0.4) is 0 Å². The van der Waals surface area contributed by atoms with E-state index in [0.717, 1.165) is 30.2 Å². The normalized spacial score (nSPS) is 11.1. The molecule has 0 saturated heterocycles. The van der Waals surface area contributed by atoms with Crippen molar-refractivity contribution in [1.82, 2.24) is 10.2 Å². The predicted octanol–water partition coefficient (Wildman–Crippen LogP) is 3.06. The molecule has 0 radical (unpaired) electrons. The van der Waals surface area contributed by atoms with E-state index in [1.807, 2.05) is 25.2 Å². The van der Waals surface area contributed by atoms with Crippen LogP contribution in [0.1, 0.15) is 25.3 Å². The van der Waals surface area contributed by atoms with Gasteiger partial charge in [-0.15, -0.1) is 0 Å². The van der Waals surface area contributed by atoms with Gasteiger partial charge in [-0.25, -0.2) is 0 Å². The summed E-state index contributed by atoms with van der Waals surface area (Å²) in [6.07, 6.45) is 4.09. The molecule has 0 aromatic heterocycles. The molecule has 0 aliphatic carbocycles. The van der Waals surface area contributed by atoms with Crippen LogP contribution in [0.25, 0.3) is 0 Å². The summed E-state index contributed by atoms with van der Waals surface area (Å²) in [5, 5.41) is 3.38. The smallest absolute Gasteiger partial charge is 0.193 e. The zero-order chi connectivity index (χ0) is 15.5. The Morgan fingerprint density at radius 2 is 2.19 bits per heavy atom. The van der Waals surface area contributed by atoms with Gasteiger partial charge in [-0.05, 0) is 12.5 Å². The number of unbranched alkanes of at least 4 members (excludes halogenated alkanes) is 1. The predicted molar refractivity (Wildman–Crippen MR) is 89.9 cm³/mol.